The highest BCUT2D eigenvalue weighted by Gasteiger charge is 2.26. The van der Waals surface area contributed by atoms with E-state index in [2.05, 4.69) is 38.3 Å². The van der Waals surface area contributed by atoms with Gasteiger partial charge in [-0.05, 0) is 38.0 Å². The molecule has 1 fully saturated rings. The van der Waals surface area contributed by atoms with Crippen LogP contribution in [0, 0.1) is 12.3 Å². The van der Waals surface area contributed by atoms with Crippen LogP contribution >= 0.6 is 0 Å². The molecular formula is C22H29N5O3. The van der Waals surface area contributed by atoms with Gasteiger partial charge in [-0.1, -0.05) is 11.5 Å². The Balaban J connectivity index is 1.51. The molecule has 0 radical (unpaired) electrons. The molecule has 2 unspecified atom stereocenters. The molecule has 160 valence electrons. The molecule has 30 heavy (non-hydrogen) atoms. The summed E-state index contributed by atoms with van der Waals surface area (Å²) in [5, 5.41) is 16.6. The molecule has 8 heteroatoms. The molecule has 0 aliphatic carbocycles. The number of amides is 1. The Bertz CT molecular complexity index is 857. The lowest BCUT2D eigenvalue weighted by Gasteiger charge is -2.36. The highest BCUT2D eigenvalue weighted by molar-refractivity contribution is 5.92. The summed E-state index contributed by atoms with van der Waals surface area (Å²) < 4.78 is 5.12. The molecule has 3 rings (SSSR count). The Kier molecular flexibility index (Phi) is 7.57. The smallest absolute Gasteiger partial charge is 0.270 e. The molecule has 2 aliphatic rings. The fourth-order valence-corrected chi connectivity index (χ4v) is 3.39. The molecule has 3 N–H and O–H groups in total. The van der Waals surface area contributed by atoms with Gasteiger partial charge in [0.15, 0.2) is 0 Å². The third-order valence-electron chi connectivity index (χ3n) is 5.57. The number of nitrogens with zero attached hydrogens (tertiary/aromatic N) is 3. The van der Waals surface area contributed by atoms with Gasteiger partial charge in [-0.2, -0.15) is 0 Å². The van der Waals surface area contributed by atoms with E-state index in [0.29, 0.717) is 19.0 Å². The summed E-state index contributed by atoms with van der Waals surface area (Å²) in [6, 6.07) is 1.70. The average molecular weight is 412 g/mol. The van der Waals surface area contributed by atoms with Gasteiger partial charge in [-0.25, -0.2) is 9.97 Å². The van der Waals surface area contributed by atoms with Gasteiger partial charge in [0.05, 0.1) is 25.4 Å². The number of carbonyl (C=O) groups excluding carboxylic acids is 1. The van der Waals surface area contributed by atoms with E-state index in [1.165, 1.54) is 17.5 Å². The van der Waals surface area contributed by atoms with Crippen molar-refractivity contribution in [3.05, 3.63) is 41.4 Å². The molecule has 2 atom stereocenters. The van der Waals surface area contributed by atoms with Crippen LogP contribution in [0.2, 0.25) is 0 Å². The normalized spacial score (nSPS) is 19.8. The number of terminal acetylenes is 1. The second kappa shape index (κ2) is 10.3. The Morgan fingerprint density at radius 2 is 2.30 bits per heavy atom. The van der Waals surface area contributed by atoms with Crippen LogP contribution in [-0.4, -0.2) is 76.9 Å². The zero-order valence-electron chi connectivity index (χ0n) is 17.5. The van der Waals surface area contributed by atoms with Gasteiger partial charge in [-0.15, -0.1) is 6.42 Å². The number of aliphatic hydroxyl groups excluding tert-OH is 1. The number of nitrogens with one attached hydrogen (secondary N) is 2. The molecule has 0 aromatic carbocycles. The maximum absolute atomic E-state index is 12.5. The van der Waals surface area contributed by atoms with Crippen molar-refractivity contribution in [1.82, 2.24) is 20.2 Å². The van der Waals surface area contributed by atoms with Crippen LogP contribution in [-0.2, 0) is 4.74 Å². The maximum Gasteiger partial charge on any atom is 0.270 e. The van der Waals surface area contributed by atoms with E-state index < -0.39 is 6.10 Å². The fourth-order valence-electron chi connectivity index (χ4n) is 3.39. The Morgan fingerprint density at radius 3 is 3.00 bits per heavy atom. The minimum absolute atomic E-state index is 0.117. The summed E-state index contributed by atoms with van der Waals surface area (Å²) in [5.74, 6) is 2.76. The number of aliphatic hydroxyl groups is 1. The monoisotopic (exact) mass is 411 g/mol. The highest BCUT2D eigenvalue weighted by atomic mass is 16.5. The Hall–Kier alpha value is -2.73. The van der Waals surface area contributed by atoms with Gasteiger partial charge in [0, 0.05) is 31.7 Å². The van der Waals surface area contributed by atoms with E-state index in [4.69, 9.17) is 11.2 Å². The fraction of sp³-hybridized carbons (Fsp3) is 0.500. The van der Waals surface area contributed by atoms with Crippen molar-refractivity contribution in [3.63, 3.8) is 0 Å². The SMILES string of the molecule is C#C/C=C\C1=C(C)CCN(C(C)C(O)CNC(=O)c2cc(NC3COC3)ncn2)C1. The summed E-state index contributed by atoms with van der Waals surface area (Å²) in [6.07, 6.45) is 10.5. The molecule has 1 saturated heterocycles. The van der Waals surface area contributed by atoms with E-state index >= 15 is 0 Å². The van der Waals surface area contributed by atoms with Crippen LogP contribution in [0.1, 0.15) is 30.8 Å². The van der Waals surface area contributed by atoms with E-state index in [-0.39, 0.29) is 30.2 Å². The van der Waals surface area contributed by atoms with Gasteiger partial charge in [0.2, 0.25) is 0 Å². The van der Waals surface area contributed by atoms with Gasteiger partial charge < -0.3 is 20.5 Å². The molecular weight excluding hydrogens is 382 g/mol. The predicted molar refractivity (Wildman–Crippen MR) is 115 cm³/mol. The molecule has 0 saturated carbocycles. The number of allylic oxidation sites excluding steroid dienone is 1. The first kappa shape index (κ1) is 22.0. The lowest BCUT2D eigenvalue weighted by atomic mass is 9.98. The maximum atomic E-state index is 12.5. The van der Waals surface area contributed by atoms with Gasteiger partial charge in [0.25, 0.3) is 5.91 Å². The molecule has 0 spiro atoms. The van der Waals surface area contributed by atoms with Crippen molar-refractivity contribution in [3.8, 4) is 12.3 Å². The predicted octanol–water partition coefficient (Wildman–Crippen LogP) is 0.978. The number of hydrogen-bond donors (Lipinski definition) is 3. The topological polar surface area (TPSA) is 99.6 Å². The first-order valence-electron chi connectivity index (χ1n) is 10.2. The van der Waals surface area contributed by atoms with E-state index in [9.17, 15) is 9.90 Å². The van der Waals surface area contributed by atoms with Crippen molar-refractivity contribution in [2.24, 2.45) is 0 Å². The van der Waals surface area contributed by atoms with Crippen molar-refractivity contribution < 1.29 is 14.6 Å². The van der Waals surface area contributed by atoms with E-state index in [1.54, 1.807) is 12.1 Å². The molecule has 0 bridgehead atoms. The summed E-state index contributed by atoms with van der Waals surface area (Å²) >= 11 is 0. The lowest BCUT2D eigenvalue weighted by Crippen LogP contribution is -2.49. The number of carbonyl (C=O) groups is 1. The zero-order valence-corrected chi connectivity index (χ0v) is 17.5. The van der Waals surface area contributed by atoms with Crippen molar-refractivity contribution in [1.29, 1.82) is 0 Å². The van der Waals surface area contributed by atoms with Gasteiger partial charge in [0.1, 0.15) is 17.8 Å². The summed E-state index contributed by atoms with van der Waals surface area (Å²) in [7, 11) is 0. The summed E-state index contributed by atoms with van der Waals surface area (Å²) in [6.45, 7) is 7.05. The number of hydrogen-bond acceptors (Lipinski definition) is 7. The third-order valence-corrected chi connectivity index (χ3v) is 5.57. The second-order valence-corrected chi connectivity index (χ2v) is 7.71. The van der Waals surface area contributed by atoms with Crippen LogP contribution < -0.4 is 10.6 Å². The number of rotatable bonds is 8. The minimum Gasteiger partial charge on any atom is -0.390 e. The minimum atomic E-state index is -0.711. The zero-order chi connectivity index (χ0) is 21.5. The first-order valence-corrected chi connectivity index (χ1v) is 10.2. The number of ether oxygens (including phenoxy) is 1. The number of aromatic nitrogens is 2. The molecule has 1 amide bonds. The van der Waals surface area contributed by atoms with Crippen LogP contribution in [0.5, 0.6) is 0 Å². The van der Waals surface area contributed by atoms with E-state index in [1.807, 2.05) is 13.0 Å². The Morgan fingerprint density at radius 1 is 1.50 bits per heavy atom. The molecule has 3 heterocycles. The standard InChI is InChI=1S/C22H29N5O3/c1-4-5-6-17-11-27(8-7-15(17)2)16(3)20(28)10-23-22(29)19-9-21(25-14-24-19)26-18-12-30-13-18/h1,5-6,9,14,16,18,20,28H,7-8,10-13H2,2-3H3,(H,23,29)(H,24,25,26)/b6-5-. The summed E-state index contributed by atoms with van der Waals surface area (Å²) in [5.41, 5.74) is 2.75. The van der Waals surface area contributed by atoms with Crippen LogP contribution in [0.4, 0.5) is 5.82 Å². The highest BCUT2D eigenvalue weighted by Crippen LogP contribution is 2.21. The van der Waals surface area contributed by atoms with Crippen LogP contribution in [0.15, 0.2) is 35.7 Å². The van der Waals surface area contributed by atoms with Gasteiger partial charge in [-0.3, -0.25) is 9.69 Å². The van der Waals surface area contributed by atoms with Crippen LogP contribution in [0.25, 0.3) is 0 Å². The quantitative estimate of drug-likeness (QED) is 0.549. The lowest BCUT2D eigenvalue weighted by molar-refractivity contribution is 0.0209. The largest absolute Gasteiger partial charge is 0.390 e. The second-order valence-electron chi connectivity index (χ2n) is 7.71. The first-order chi connectivity index (χ1) is 14.5. The van der Waals surface area contributed by atoms with Crippen molar-refractivity contribution in [2.75, 3.05) is 38.2 Å². The van der Waals surface area contributed by atoms with Crippen LogP contribution in [0.3, 0.4) is 0 Å². The van der Waals surface area contributed by atoms with E-state index in [0.717, 1.165) is 19.5 Å². The summed E-state index contributed by atoms with van der Waals surface area (Å²) in [4.78, 5) is 22.8. The Labute approximate surface area is 177 Å². The molecule has 8 nitrogen and oxygen atoms in total. The van der Waals surface area contributed by atoms with Crippen molar-refractivity contribution >= 4 is 11.7 Å². The molecule has 2 aliphatic heterocycles. The third kappa shape index (κ3) is 5.66. The average Bonchev–Trinajstić information content (AvgIpc) is 2.73. The number of anilines is 1. The molecule has 1 aromatic rings. The van der Waals surface area contributed by atoms with Gasteiger partial charge >= 0.3 is 0 Å². The molecule has 1 aromatic heterocycles. The van der Waals surface area contributed by atoms with Crippen molar-refractivity contribution in [2.45, 2.75) is 38.5 Å².